The number of hydrazine groups is 1. The average Bonchev–Trinajstić information content (AvgIpc) is 3.43. The highest BCUT2D eigenvalue weighted by atomic mass is 16.2. The van der Waals surface area contributed by atoms with Gasteiger partial charge in [0.25, 0.3) is 0 Å². The topological polar surface area (TPSA) is 91.0 Å². The Kier molecular flexibility index (Phi) is 4.19. The van der Waals surface area contributed by atoms with Crippen molar-refractivity contribution in [2.75, 3.05) is 45.7 Å². The fourth-order valence-electron chi connectivity index (χ4n) is 5.03. The standard InChI is InChI=1S/C19H28N8O/c1-25-10-14(7-23-25)24-19(28)27-8-12-5-15(6-13(12)9-27)26(2)18-16-3-4-20-17(16)21-11-22-18/h3-4,10,12-13,15,20-21,23H,5-9,11H2,1-2H3,(H,24,28). The number of rotatable bonds is 2. The largest absolute Gasteiger partial charge is 0.356 e. The quantitative estimate of drug-likeness (QED) is 0.605. The maximum absolute atomic E-state index is 12.6. The molecule has 1 aliphatic carbocycles. The van der Waals surface area contributed by atoms with Crippen molar-refractivity contribution in [1.82, 2.24) is 30.5 Å². The Morgan fingerprint density at radius 2 is 2.11 bits per heavy atom. The van der Waals surface area contributed by atoms with Crippen LogP contribution in [0.3, 0.4) is 0 Å². The van der Waals surface area contributed by atoms with Crippen molar-refractivity contribution in [3.8, 4) is 0 Å². The van der Waals surface area contributed by atoms with E-state index in [2.05, 4.69) is 39.1 Å². The van der Waals surface area contributed by atoms with Crippen molar-refractivity contribution in [2.45, 2.75) is 18.9 Å². The number of amides is 2. The summed E-state index contributed by atoms with van der Waals surface area (Å²) in [5.74, 6) is 3.27. The number of aromatic nitrogens is 1. The van der Waals surface area contributed by atoms with Crippen molar-refractivity contribution in [3.05, 3.63) is 29.7 Å². The number of hydrogen-bond acceptors (Lipinski definition) is 6. The highest BCUT2D eigenvalue weighted by molar-refractivity contribution is 6.04. The molecule has 4 aliphatic rings. The Labute approximate surface area is 164 Å². The second-order valence-electron chi connectivity index (χ2n) is 8.27. The van der Waals surface area contributed by atoms with Crippen LogP contribution in [0.1, 0.15) is 18.4 Å². The average molecular weight is 384 g/mol. The highest BCUT2D eigenvalue weighted by Gasteiger charge is 2.44. The molecule has 0 aromatic carbocycles. The number of urea groups is 1. The van der Waals surface area contributed by atoms with Crippen molar-refractivity contribution in [3.63, 3.8) is 0 Å². The Morgan fingerprint density at radius 3 is 2.82 bits per heavy atom. The first-order valence-corrected chi connectivity index (χ1v) is 10.0. The lowest BCUT2D eigenvalue weighted by molar-refractivity contribution is 0.205. The minimum Gasteiger partial charge on any atom is -0.356 e. The molecular formula is C19H28N8O. The number of carbonyl (C=O) groups is 1. The fraction of sp³-hybridized carbons (Fsp3) is 0.579. The summed E-state index contributed by atoms with van der Waals surface area (Å²) in [7, 11) is 4.09. The van der Waals surface area contributed by atoms with Gasteiger partial charge in [-0.05, 0) is 30.7 Å². The normalized spacial score (nSPS) is 28.4. The zero-order valence-corrected chi connectivity index (χ0v) is 16.4. The lowest BCUT2D eigenvalue weighted by Crippen LogP contribution is -2.41. The smallest absolute Gasteiger partial charge is 0.321 e. The number of amidine groups is 1. The van der Waals surface area contributed by atoms with Gasteiger partial charge >= 0.3 is 6.03 Å². The van der Waals surface area contributed by atoms with Crippen molar-refractivity contribution in [1.29, 1.82) is 0 Å². The Morgan fingerprint density at radius 1 is 1.32 bits per heavy atom. The van der Waals surface area contributed by atoms with Gasteiger partial charge < -0.3 is 30.4 Å². The lowest BCUT2D eigenvalue weighted by Gasteiger charge is -2.31. The Balaban J connectivity index is 1.19. The molecule has 1 aromatic rings. The number of hydrogen-bond donors (Lipinski definition) is 4. The summed E-state index contributed by atoms with van der Waals surface area (Å²) in [5, 5.41) is 8.18. The summed E-state index contributed by atoms with van der Waals surface area (Å²) in [6.07, 6.45) is 6.11. The molecule has 1 saturated heterocycles. The van der Waals surface area contributed by atoms with Crippen molar-refractivity contribution < 1.29 is 4.79 Å². The molecule has 0 spiro atoms. The van der Waals surface area contributed by atoms with Crippen LogP contribution in [0.2, 0.25) is 0 Å². The van der Waals surface area contributed by atoms with E-state index in [1.54, 1.807) is 0 Å². The lowest BCUT2D eigenvalue weighted by atomic mass is 10.0. The third kappa shape index (κ3) is 2.99. The molecule has 150 valence electrons. The van der Waals surface area contributed by atoms with Crippen LogP contribution in [0.25, 0.3) is 0 Å². The van der Waals surface area contributed by atoms with Gasteiger partial charge in [-0.25, -0.2) is 15.2 Å². The van der Waals surface area contributed by atoms with Gasteiger partial charge in [-0.15, -0.1) is 0 Å². The van der Waals surface area contributed by atoms with Crippen LogP contribution >= 0.6 is 0 Å². The number of aromatic amines is 1. The summed E-state index contributed by atoms with van der Waals surface area (Å²) >= 11 is 0. The molecule has 3 aliphatic heterocycles. The number of H-pyrrole nitrogens is 1. The van der Waals surface area contributed by atoms with Gasteiger partial charge in [-0.1, -0.05) is 0 Å². The summed E-state index contributed by atoms with van der Waals surface area (Å²) in [6, 6.07) is 2.60. The zero-order valence-electron chi connectivity index (χ0n) is 16.4. The van der Waals surface area contributed by atoms with Crippen LogP contribution in [0, 0.1) is 11.8 Å². The number of likely N-dealkylation sites (tertiary alicyclic amines) is 1. The van der Waals surface area contributed by atoms with E-state index in [4.69, 9.17) is 4.99 Å². The van der Waals surface area contributed by atoms with E-state index in [9.17, 15) is 4.79 Å². The number of aliphatic imine (C=N–C) groups is 1. The maximum Gasteiger partial charge on any atom is 0.321 e. The molecule has 2 atom stereocenters. The molecule has 2 amide bonds. The predicted octanol–water partition coefficient (Wildman–Crippen LogP) is 0.788. The van der Waals surface area contributed by atoms with Crippen molar-refractivity contribution >= 4 is 17.7 Å². The van der Waals surface area contributed by atoms with E-state index < -0.39 is 0 Å². The molecule has 1 saturated carbocycles. The van der Waals surface area contributed by atoms with Crippen LogP contribution in [0.4, 0.5) is 10.6 Å². The second-order valence-corrected chi connectivity index (χ2v) is 8.27. The van der Waals surface area contributed by atoms with Crippen LogP contribution in [0.5, 0.6) is 0 Å². The van der Waals surface area contributed by atoms with Crippen LogP contribution in [-0.4, -0.2) is 78.1 Å². The molecule has 9 heteroatoms. The molecule has 28 heavy (non-hydrogen) atoms. The van der Waals surface area contributed by atoms with Gasteiger partial charge in [-0.3, -0.25) is 0 Å². The molecule has 4 heterocycles. The van der Waals surface area contributed by atoms with E-state index in [0.29, 0.717) is 31.1 Å². The van der Waals surface area contributed by atoms with E-state index in [1.807, 2.05) is 29.4 Å². The molecule has 9 nitrogen and oxygen atoms in total. The van der Waals surface area contributed by atoms with E-state index in [1.165, 1.54) is 0 Å². The first kappa shape index (κ1) is 17.4. The molecule has 0 radical (unpaired) electrons. The minimum atomic E-state index is 0.0300. The molecule has 2 unspecified atom stereocenters. The van der Waals surface area contributed by atoms with Crippen LogP contribution < -0.4 is 16.1 Å². The first-order chi connectivity index (χ1) is 13.6. The predicted molar refractivity (Wildman–Crippen MR) is 108 cm³/mol. The summed E-state index contributed by atoms with van der Waals surface area (Å²) < 4.78 is 0. The SMILES string of the molecule is CN1C=C(NC(=O)N2CC3CC(N(C)C4=NCNc5[nH]ccc54)CC3C2)CN1. The molecule has 2 fully saturated rings. The number of anilines is 1. The monoisotopic (exact) mass is 384 g/mol. The van der Waals surface area contributed by atoms with E-state index in [-0.39, 0.29) is 6.03 Å². The maximum atomic E-state index is 12.6. The number of nitrogens with one attached hydrogen (secondary N) is 4. The molecule has 5 rings (SSSR count). The molecule has 0 bridgehead atoms. The Bertz CT molecular complexity index is 816. The van der Waals surface area contributed by atoms with Crippen LogP contribution in [-0.2, 0) is 0 Å². The second kappa shape index (κ2) is 6.73. The van der Waals surface area contributed by atoms with Crippen molar-refractivity contribution in [2.24, 2.45) is 16.8 Å². The summed E-state index contributed by atoms with van der Waals surface area (Å²) in [5.41, 5.74) is 5.22. The summed E-state index contributed by atoms with van der Waals surface area (Å²) in [6.45, 7) is 2.98. The van der Waals surface area contributed by atoms with Gasteiger partial charge in [-0.2, -0.15) is 0 Å². The van der Waals surface area contributed by atoms with Gasteiger partial charge in [0.05, 0.1) is 17.8 Å². The van der Waals surface area contributed by atoms with Gasteiger partial charge in [0.2, 0.25) is 0 Å². The third-order valence-electron chi connectivity index (χ3n) is 6.50. The number of nitrogens with zero attached hydrogens (tertiary/aromatic N) is 4. The van der Waals surface area contributed by atoms with E-state index >= 15 is 0 Å². The highest BCUT2D eigenvalue weighted by Crippen LogP contribution is 2.40. The molecular weight excluding hydrogens is 356 g/mol. The first-order valence-electron chi connectivity index (χ1n) is 10.0. The van der Waals surface area contributed by atoms with Gasteiger partial charge in [0.15, 0.2) is 0 Å². The number of fused-ring (bicyclic) bond motifs is 2. The number of carbonyl (C=O) groups excluding carboxylic acids is 1. The van der Waals surface area contributed by atoms with E-state index in [0.717, 1.165) is 48.8 Å². The van der Waals surface area contributed by atoms with Gasteiger partial charge in [0.1, 0.15) is 18.3 Å². The van der Waals surface area contributed by atoms with Gasteiger partial charge in [0, 0.05) is 45.6 Å². The zero-order chi connectivity index (χ0) is 19.3. The van der Waals surface area contributed by atoms with Crippen LogP contribution in [0.15, 0.2) is 29.2 Å². The molecule has 4 N–H and O–H groups in total. The third-order valence-corrected chi connectivity index (χ3v) is 6.50. The Hall–Kier alpha value is -2.68. The fourth-order valence-corrected chi connectivity index (χ4v) is 5.03. The minimum absolute atomic E-state index is 0.0300. The molecule has 1 aromatic heterocycles. The summed E-state index contributed by atoms with van der Waals surface area (Å²) in [4.78, 5) is 24.9.